The minimum atomic E-state index is 0.0466. The SMILES string of the molecule is CCN(CC)c1ccc(NC(=O)C2CCN(c3cnccn3)CC2)cc1. The second-order valence-electron chi connectivity index (χ2n) is 6.53. The van der Waals surface area contributed by atoms with Crippen LogP contribution in [-0.4, -0.2) is 42.1 Å². The highest BCUT2D eigenvalue weighted by Gasteiger charge is 2.25. The Kier molecular flexibility index (Phi) is 6.04. The van der Waals surface area contributed by atoms with Gasteiger partial charge in [0.25, 0.3) is 0 Å². The topological polar surface area (TPSA) is 61.4 Å². The van der Waals surface area contributed by atoms with Crippen LogP contribution in [0.2, 0.25) is 0 Å². The molecule has 1 saturated heterocycles. The summed E-state index contributed by atoms with van der Waals surface area (Å²) in [4.78, 5) is 25.5. The molecule has 1 aliphatic rings. The van der Waals surface area contributed by atoms with Crippen molar-refractivity contribution in [3.05, 3.63) is 42.9 Å². The van der Waals surface area contributed by atoms with E-state index in [4.69, 9.17) is 0 Å². The Morgan fingerprint density at radius 2 is 1.85 bits per heavy atom. The molecule has 0 saturated carbocycles. The average Bonchev–Trinajstić information content (AvgIpc) is 2.71. The zero-order valence-corrected chi connectivity index (χ0v) is 15.6. The minimum Gasteiger partial charge on any atom is -0.372 e. The number of nitrogens with one attached hydrogen (secondary N) is 1. The number of rotatable bonds is 6. The summed E-state index contributed by atoms with van der Waals surface area (Å²) < 4.78 is 0. The van der Waals surface area contributed by atoms with Gasteiger partial charge >= 0.3 is 0 Å². The number of amides is 1. The van der Waals surface area contributed by atoms with E-state index in [-0.39, 0.29) is 11.8 Å². The van der Waals surface area contributed by atoms with Crippen LogP contribution in [0.5, 0.6) is 0 Å². The first-order chi connectivity index (χ1) is 12.7. The number of benzene rings is 1. The number of aromatic nitrogens is 2. The van der Waals surface area contributed by atoms with E-state index in [1.807, 2.05) is 12.1 Å². The molecule has 0 unspecified atom stereocenters. The Morgan fingerprint density at radius 1 is 1.15 bits per heavy atom. The van der Waals surface area contributed by atoms with E-state index in [0.717, 1.165) is 50.5 Å². The summed E-state index contributed by atoms with van der Waals surface area (Å²) in [7, 11) is 0. The fourth-order valence-electron chi connectivity index (χ4n) is 3.41. The molecule has 6 nitrogen and oxygen atoms in total. The lowest BCUT2D eigenvalue weighted by Crippen LogP contribution is -2.38. The third kappa shape index (κ3) is 4.31. The van der Waals surface area contributed by atoms with Gasteiger partial charge < -0.3 is 15.1 Å². The maximum atomic E-state index is 12.6. The number of piperidine rings is 1. The molecule has 0 spiro atoms. The molecule has 1 aliphatic heterocycles. The summed E-state index contributed by atoms with van der Waals surface area (Å²) in [6, 6.07) is 8.11. The normalized spacial score (nSPS) is 14.9. The standard InChI is InChI=1S/C20H27N5O/c1-3-24(4-2)18-7-5-17(6-8-18)23-20(26)16-9-13-25(14-10-16)19-15-21-11-12-22-19/h5-8,11-12,15-16H,3-4,9-10,13-14H2,1-2H3,(H,23,26). The van der Waals surface area contributed by atoms with Crippen LogP contribution in [0.4, 0.5) is 17.2 Å². The Bertz CT molecular complexity index is 692. The van der Waals surface area contributed by atoms with Crippen LogP contribution in [0.1, 0.15) is 26.7 Å². The fraction of sp³-hybridized carbons (Fsp3) is 0.450. The second kappa shape index (κ2) is 8.65. The molecule has 0 bridgehead atoms. The van der Waals surface area contributed by atoms with Crippen LogP contribution in [-0.2, 0) is 4.79 Å². The zero-order valence-electron chi connectivity index (χ0n) is 15.6. The largest absolute Gasteiger partial charge is 0.372 e. The van der Waals surface area contributed by atoms with Crippen molar-refractivity contribution in [3.63, 3.8) is 0 Å². The van der Waals surface area contributed by atoms with Gasteiger partial charge in [0, 0.05) is 55.9 Å². The van der Waals surface area contributed by atoms with E-state index in [1.54, 1.807) is 18.6 Å². The monoisotopic (exact) mass is 353 g/mol. The summed E-state index contributed by atoms with van der Waals surface area (Å²) in [5.41, 5.74) is 2.05. The molecule has 1 aromatic carbocycles. The van der Waals surface area contributed by atoms with Crippen LogP contribution in [0.25, 0.3) is 0 Å². The first kappa shape index (κ1) is 18.2. The van der Waals surface area contributed by atoms with Gasteiger partial charge in [0.2, 0.25) is 5.91 Å². The average molecular weight is 353 g/mol. The number of anilines is 3. The maximum absolute atomic E-state index is 12.6. The van der Waals surface area contributed by atoms with Crippen LogP contribution in [0.3, 0.4) is 0 Å². The van der Waals surface area contributed by atoms with E-state index in [0.29, 0.717) is 0 Å². The minimum absolute atomic E-state index is 0.0466. The zero-order chi connectivity index (χ0) is 18.4. The molecule has 0 aliphatic carbocycles. The predicted octanol–water partition coefficient (Wildman–Crippen LogP) is 3.18. The molecular formula is C20H27N5O. The molecule has 138 valence electrons. The molecule has 1 N–H and O–H groups in total. The number of hydrogen-bond donors (Lipinski definition) is 1. The van der Waals surface area contributed by atoms with Crippen molar-refractivity contribution in [1.29, 1.82) is 0 Å². The maximum Gasteiger partial charge on any atom is 0.227 e. The van der Waals surface area contributed by atoms with Gasteiger partial charge in [0.15, 0.2) is 0 Å². The van der Waals surface area contributed by atoms with E-state index >= 15 is 0 Å². The molecular weight excluding hydrogens is 326 g/mol. The smallest absolute Gasteiger partial charge is 0.227 e. The Labute approximate surface area is 155 Å². The van der Waals surface area contributed by atoms with Gasteiger partial charge in [0.1, 0.15) is 5.82 Å². The molecule has 1 amide bonds. The summed E-state index contributed by atoms with van der Waals surface area (Å²) in [5, 5.41) is 3.06. The third-order valence-corrected chi connectivity index (χ3v) is 5.00. The van der Waals surface area contributed by atoms with Crippen molar-refractivity contribution in [2.24, 2.45) is 5.92 Å². The molecule has 0 radical (unpaired) electrons. The van der Waals surface area contributed by atoms with Gasteiger partial charge in [-0.2, -0.15) is 0 Å². The Morgan fingerprint density at radius 3 is 2.42 bits per heavy atom. The van der Waals surface area contributed by atoms with E-state index in [1.165, 1.54) is 5.69 Å². The first-order valence-corrected chi connectivity index (χ1v) is 9.38. The molecule has 6 heteroatoms. The van der Waals surface area contributed by atoms with Gasteiger partial charge in [-0.05, 0) is 51.0 Å². The summed E-state index contributed by atoms with van der Waals surface area (Å²) in [5.74, 6) is 1.04. The lowest BCUT2D eigenvalue weighted by Gasteiger charge is -2.31. The van der Waals surface area contributed by atoms with Crippen molar-refractivity contribution in [2.45, 2.75) is 26.7 Å². The first-order valence-electron chi connectivity index (χ1n) is 9.38. The molecule has 0 atom stereocenters. The third-order valence-electron chi connectivity index (χ3n) is 5.00. The summed E-state index contributed by atoms with van der Waals surface area (Å²) in [6.45, 7) is 7.91. The fourth-order valence-corrected chi connectivity index (χ4v) is 3.41. The van der Waals surface area contributed by atoms with Gasteiger partial charge in [-0.25, -0.2) is 4.98 Å². The molecule has 3 rings (SSSR count). The van der Waals surface area contributed by atoms with Crippen molar-refractivity contribution in [2.75, 3.05) is 41.3 Å². The number of carbonyl (C=O) groups is 1. The second-order valence-corrected chi connectivity index (χ2v) is 6.53. The highest BCUT2D eigenvalue weighted by atomic mass is 16.1. The summed E-state index contributed by atoms with van der Waals surface area (Å²) >= 11 is 0. The van der Waals surface area contributed by atoms with Gasteiger partial charge in [0.05, 0.1) is 6.20 Å². The number of carbonyl (C=O) groups excluding carboxylic acids is 1. The molecule has 2 aromatic rings. The van der Waals surface area contributed by atoms with Gasteiger partial charge in [-0.15, -0.1) is 0 Å². The van der Waals surface area contributed by atoms with Crippen LogP contribution in [0.15, 0.2) is 42.9 Å². The van der Waals surface area contributed by atoms with Gasteiger partial charge in [-0.3, -0.25) is 9.78 Å². The molecule has 1 aromatic heterocycles. The lowest BCUT2D eigenvalue weighted by molar-refractivity contribution is -0.120. The lowest BCUT2D eigenvalue weighted by atomic mass is 9.96. The summed E-state index contributed by atoms with van der Waals surface area (Å²) in [6.07, 6.45) is 6.82. The number of hydrogen-bond acceptors (Lipinski definition) is 5. The van der Waals surface area contributed by atoms with Crippen molar-refractivity contribution < 1.29 is 4.79 Å². The Hall–Kier alpha value is -2.63. The van der Waals surface area contributed by atoms with E-state index in [9.17, 15) is 4.79 Å². The highest BCUT2D eigenvalue weighted by Crippen LogP contribution is 2.23. The molecule has 2 heterocycles. The van der Waals surface area contributed by atoms with E-state index in [2.05, 4.69) is 51.1 Å². The number of nitrogens with zero attached hydrogens (tertiary/aromatic N) is 4. The van der Waals surface area contributed by atoms with Crippen molar-refractivity contribution in [3.8, 4) is 0 Å². The molecule has 1 fully saturated rings. The van der Waals surface area contributed by atoms with Crippen LogP contribution >= 0.6 is 0 Å². The van der Waals surface area contributed by atoms with Gasteiger partial charge in [-0.1, -0.05) is 0 Å². The van der Waals surface area contributed by atoms with Crippen LogP contribution < -0.4 is 15.1 Å². The predicted molar refractivity (Wildman–Crippen MR) is 106 cm³/mol. The van der Waals surface area contributed by atoms with E-state index < -0.39 is 0 Å². The van der Waals surface area contributed by atoms with Crippen molar-refractivity contribution >= 4 is 23.1 Å². The van der Waals surface area contributed by atoms with Crippen LogP contribution in [0, 0.1) is 5.92 Å². The Balaban J connectivity index is 1.53. The van der Waals surface area contributed by atoms with Crippen molar-refractivity contribution in [1.82, 2.24) is 9.97 Å². The highest BCUT2D eigenvalue weighted by molar-refractivity contribution is 5.92. The quantitative estimate of drug-likeness (QED) is 0.864. The molecule has 26 heavy (non-hydrogen) atoms.